The van der Waals surface area contributed by atoms with E-state index in [2.05, 4.69) is 14.8 Å². The summed E-state index contributed by atoms with van der Waals surface area (Å²) in [5.74, 6) is -1.12. The van der Waals surface area contributed by atoms with Gasteiger partial charge in [-0.2, -0.15) is 5.10 Å². The zero-order valence-corrected chi connectivity index (χ0v) is 13.0. The first-order chi connectivity index (χ1) is 11.5. The van der Waals surface area contributed by atoms with Crippen molar-refractivity contribution >= 4 is 21.7 Å². The fourth-order valence-electron chi connectivity index (χ4n) is 2.00. The van der Waals surface area contributed by atoms with Gasteiger partial charge < -0.3 is 5.11 Å². The number of nitrogens with one attached hydrogen (secondary N) is 1. The molecule has 8 nitrogen and oxygen atoms in total. The lowest BCUT2D eigenvalue weighted by molar-refractivity contribution is 0.0696. The van der Waals surface area contributed by atoms with Crippen molar-refractivity contribution in [2.24, 2.45) is 0 Å². The van der Waals surface area contributed by atoms with Crippen LogP contribution in [0.25, 0.3) is 5.69 Å². The third-order valence-corrected chi connectivity index (χ3v) is 4.57. The number of rotatable bonds is 5. The summed E-state index contributed by atoms with van der Waals surface area (Å²) in [5, 5.41) is 12.9. The molecule has 2 N–H and O–H groups in total. The van der Waals surface area contributed by atoms with Crippen LogP contribution in [0.3, 0.4) is 0 Å². The van der Waals surface area contributed by atoms with Gasteiger partial charge in [0, 0.05) is 12.4 Å². The molecule has 0 bridgehead atoms. The highest BCUT2D eigenvalue weighted by Gasteiger charge is 2.16. The monoisotopic (exact) mass is 344 g/mol. The molecule has 0 saturated carbocycles. The van der Waals surface area contributed by atoms with Gasteiger partial charge in [0.2, 0.25) is 0 Å². The van der Waals surface area contributed by atoms with Gasteiger partial charge in [0.05, 0.1) is 34.2 Å². The summed E-state index contributed by atoms with van der Waals surface area (Å²) in [6.45, 7) is 0. The van der Waals surface area contributed by atoms with Crippen LogP contribution >= 0.6 is 0 Å². The number of carboxylic acid groups (broad SMARTS) is 1. The van der Waals surface area contributed by atoms with Crippen molar-refractivity contribution in [3.05, 3.63) is 66.7 Å². The lowest BCUT2D eigenvalue weighted by atomic mass is 10.2. The molecule has 0 atom stereocenters. The van der Waals surface area contributed by atoms with Gasteiger partial charge >= 0.3 is 5.97 Å². The predicted molar refractivity (Wildman–Crippen MR) is 85.6 cm³/mol. The highest BCUT2D eigenvalue weighted by atomic mass is 32.2. The SMILES string of the molecule is O=C(O)c1ccc(S(=O)(=O)Nc2cnn(-c3ccncc3)c2)cc1. The lowest BCUT2D eigenvalue weighted by Crippen LogP contribution is -2.12. The Balaban J connectivity index is 1.82. The number of carbonyl (C=O) groups is 1. The molecule has 0 aliphatic carbocycles. The first-order valence-electron chi connectivity index (χ1n) is 6.77. The number of anilines is 1. The van der Waals surface area contributed by atoms with Crippen LogP contribution in [0.1, 0.15) is 10.4 Å². The topological polar surface area (TPSA) is 114 Å². The predicted octanol–water partition coefficient (Wildman–Crippen LogP) is 1.77. The molecule has 3 rings (SSSR count). The second-order valence-corrected chi connectivity index (χ2v) is 6.50. The maximum Gasteiger partial charge on any atom is 0.335 e. The number of sulfonamides is 1. The van der Waals surface area contributed by atoms with Gasteiger partial charge in [-0.05, 0) is 36.4 Å². The van der Waals surface area contributed by atoms with Crippen LogP contribution in [0.4, 0.5) is 5.69 Å². The molecule has 3 aromatic rings. The Morgan fingerprint density at radius 3 is 2.38 bits per heavy atom. The first kappa shape index (κ1) is 15.7. The van der Waals surface area contributed by atoms with Crippen molar-refractivity contribution in [3.8, 4) is 5.69 Å². The van der Waals surface area contributed by atoms with Crippen LogP contribution < -0.4 is 4.72 Å². The third kappa shape index (κ3) is 3.25. The van der Waals surface area contributed by atoms with Crippen molar-refractivity contribution in [1.29, 1.82) is 0 Å². The van der Waals surface area contributed by atoms with Gasteiger partial charge in [-0.25, -0.2) is 17.9 Å². The lowest BCUT2D eigenvalue weighted by Gasteiger charge is -2.06. The van der Waals surface area contributed by atoms with Crippen molar-refractivity contribution < 1.29 is 18.3 Å². The Morgan fingerprint density at radius 1 is 1.08 bits per heavy atom. The van der Waals surface area contributed by atoms with Crippen LogP contribution in [0.5, 0.6) is 0 Å². The minimum Gasteiger partial charge on any atom is -0.478 e. The summed E-state index contributed by atoms with van der Waals surface area (Å²) in [6, 6.07) is 8.40. The first-order valence-corrected chi connectivity index (χ1v) is 8.25. The minimum atomic E-state index is -3.83. The second-order valence-electron chi connectivity index (χ2n) is 4.81. The Hall–Kier alpha value is -3.20. The summed E-state index contributed by atoms with van der Waals surface area (Å²) in [5.41, 5.74) is 1.04. The molecule has 1 aromatic carbocycles. The van der Waals surface area contributed by atoms with Gasteiger partial charge in [-0.15, -0.1) is 0 Å². The molecule has 0 spiro atoms. The van der Waals surface area contributed by atoms with E-state index in [4.69, 9.17) is 5.11 Å². The number of nitrogens with zero attached hydrogens (tertiary/aromatic N) is 3. The van der Waals surface area contributed by atoms with E-state index < -0.39 is 16.0 Å². The van der Waals surface area contributed by atoms with Gasteiger partial charge in [-0.3, -0.25) is 9.71 Å². The molecule has 122 valence electrons. The molecule has 2 aromatic heterocycles. The Morgan fingerprint density at radius 2 is 1.75 bits per heavy atom. The maximum atomic E-state index is 12.3. The molecule has 0 aliphatic rings. The number of benzene rings is 1. The number of pyridine rings is 1. The van der Waals surface area contributed by atoms with Crippen molar-refractivity contribution in [2.75, 3.05) is 4.72 Å². The number of hydrogen-bond donors (Lipinski definition) is 2. The number of carboxylic acids is 1. The Kier molecular flexibility index (Phi) is 4.00. The summed E-state index contributed by atoms with van der Waals surface area (Å²) >= 11 is 0. The van der Waals surface area contributed by atoms with Gasteiger partial charge in [0.25, 0.3) is 10.0 Å². The van der Waals surface area contributed by atoms with E-state index in [0.29, 0.717) is 0 Å². The van der Waals surface area contributed by atoms with Gasteiger partial charge in [-0.1, -0.05) is 0 Å². The Labute approximate surface area is 137 Å². The van der Waals surface area contributed by atoms with Crippen LogP contribution in [-0.4, -0.2) is 34.3 Å². The summed E-state index contributed by atoms with van der Waals surface area (Å²) < 4.78 is 28.6. The molecule has 9 heteroatoms. The molecular weight excluding hydrogens is 332 g/mol. The molecule has 0 aliphatic heterocycles. The summed E-state index contributed by atoms with van der Waals surface area (Å²) in [6.07, 6.45) is 6.11. The van der Waals surface area contributed by atoms with E-state index >= 15 is 0 Å². The summed E-state index contributed by atoms with van der Waals surface area (Å²) in [4.78, 5) is 14.7. The Bertz CT molecular complexity index is 966. The van der Waals surface area contributed by atoms with Gasteiger partial charge in [0.15, 0.2) is 0 Å². The van der Waals surface area contributed by atoms with Crippen molar-refractivity contribution in [2.45, 2.75) is 4.90 Å². The quantitative estimate of drug-likeness (QED) is 0.729. The van der Waals surface area contributed by atoms with E-state index in [-0.39, 0.29) is 16.1 Å². The highest BCUT2D eigenvalue weighted by molar-refractivity contribution is 7.92. The molecule has 0 unspecified atom stereocenters. The fraction of sp³-hybridized carbons (Fsp3) is 0. The van der Waals surface area contributed by atoms with E-state index in [1.807, 2.05) is 0 Å². The largest absolute Gasteiger partial charge is 0.478 e. The minimum absolute atomic E-state index is 0.0134. The van der Waals surface area contributed by atoms with E-state index in [9.17, 15) is 13.2 Å². The number of aromatic nitrogens is 3. The maximum absolute atomic E-state index is 12.3. The van der Waals surface area contributed by atoms with Crippen LogP contribution in [0.2, 0.25) is 0 Å². The zero-order valence-electron chi connectivity index (χ0n) is 12.2. The zero-order chi connectivity index (χ0) is 17.2. The highest BCUT2D eigenvalue weighted by Crippen LogP contribution is 2.17. The normalized spacial score (nSPS) is 11.2. The molecule has 0 amide bonds. The van der Waals surface area contributed by atoms with Crippen LogP contribution in [-0.2, 0) is 10.0 Å². The van der Waals surface area contributed by atoms with E-state index in [1.54, 1.807) is 24.5 Å². The standard InChI is InChI=1S/C15H12N4O4S/c20-15(21)11-1-3-14(4-2-11)24(22,23)18-12-9-17-19(10-12)13-5-7-16-8-6-13/h1-10,18H,(H,20,21). The van der Waals surface area contributed by atoms with E-state index in [0.717, 1.165) is 5.69 Å². The van der Waals surface area contributed by atoms with Gasteiger partial charge in [0.1, 0.15) is 0 Å². The average Bonchev–Trinajstić information content (AvgIpc) is 3.03. The number of aromatic carboxylic acids is 1. The molecular formula is C15H12N4O4S. The number of hydrogen-bond acceptors (Lipinski definition) is 5. The summed E-state index contributed by atoms with van der Waals surface area (Å²) in [7, 11) is -3.83. The average molecular weight is 344 g/mol. The fourth-order valence-corrected chi connectivity index (χ4v) is 3.03. The second kappa shape index (κ2) is 6.13. The molecule has 2 heterocycles. The van der Waals surface area contributed by atoms with Crippen LogP contribution in [0, 0.1) is 0 Å². The molecule has 0 fully saturated rings. The molecule has 0 radical (unpaired) electrons. The van der Waals surface area contributed by atoms with Crippen molar-refractivity contribution in [3.63, 3.8) is 0 Å². The smallest absolute Gasteiger partial charge is 0.335 e. The van der Waals surface area contributed by atoms with E-state index in [1.165, 1.54) is 41.3 Å². The third-order valence-electron chi connectivity index (χ3n) is 3.17. The van der Waals surface area contributed by atoms with Crippen molar-refractivity contribution in [1.82, 2.24) is 14.8 Å². The van der Waals surface area contributed by atoms with Crippen LogP contribution in [0.15, 0.2) is 66.1 Å². The molecule has 24 heavy (non-hydrogen) atoms. The molecule has 0 saturated heterocycles.